The van der Waals surface area contributed by atoms with E-state index in [1.807, 2.05) is 17.2 Å². The van der Waals surface area contributed by atoms with E-state index in [1.165, 1.54) is 6.08 Å². The molecule has 1 atom stereocenters. The molecular formula is C32H41Cl2N7O2. The van der Waals surface area contributed by atoms with Crippen LogP contribution < -0.4 is 4.90 Å². The number of piperidine rings is 1. The fourth-order valence-electron chi connectivity index (χ4n) is 8.27. The molecule has 43 heavy (non-hydrogen) atoms. The predicted molar refractivity (Wildman–Crippen MR) is 171 cm³/mol. The van der Waals surface area contributed by atoms with Crippen molar-refractivity contribution < 1.29 is 9.53 Å². The molecule has 2 aromatic heterocycles. The van der Waals surface area contributed by atoms with Crippen molar-refractivity contribution in [3.8, 4) is 11.1 Å². The number of aromatic amines is 1. The maximum atomic E-state index is 12.1. The summed E-state index contributed by atoms with van der Waals surface area (Å²) in [4.78, 5) is 19.0. The number of aromatic nitrogens is 4. The van der Waals surface area contributed by atoms with Crippen LogP contribution in [0.2, 0.25) is 10.0 Å². The van der Waals surface area contributed by atoms with Crippen LogP contribution in [0.5, 0.6) is 0 Å². The molecule has 11 heteroatoms. The Balaban J connectivity index is 1.23. The summed E-state index contributed by atoms with van der Waals surface area (Å²) in [5, 5.41) is 14.8. The molecule has 3 aliphatic heterocycles. The van der Waals surface area contributed by atoms with E-state index in [-0.39, 0.29) is 22.9 Å². The van der Waals surface area contributed by atoms with Crippen LogP contribution in [0.25, 0.3) is 22.0 Å². The summed E-state index contributed by atoms with van der Waals surface area (Å²) < 4.78 is 7.81. The van der Waals surface area contributed by atoms with Crippen molar-refractivity contribution in [2.24, 2.45) is 11.3 Å². The second-order valence-corrected chi connectivity index (χ2v) is 14.6. The lowest BCUT2D eigenvalue weighted by Crippen LogP contribution is -2.63. The first kappa shape index (κ1) is 29.1. The molecule has 1 amide bonds. The Labute approximate surface area is 263 Å². The van der Waals surface area contributed by atoms with Crippen LogP contribution in [-0.4, -0.2) is 93.7 Å². The number of H-pyrrole nitrogens is 1. The van der Waals surface area contributed by atoms with Crippen molar-refractivity contribution in [1.29, 1.82) is 0 Å². The Kier molecular flexibility index (Phi) is 7.31. The number of carbonyl (C=O) groups excluding carboxylic acids is 1. The number of hydrogen-bond acceptors (Lipinski definition) is 6. The summed E-state index contributed by atoms with van der Waals surface area (Å²) in [6.07, 6.45) is 7.45. The molecule has 230 valence electrons. The molecule has 4 fully saturated rings. The normalized spacial score (nSPS) is 23.9. The van der Waals surface area contributed by atoms with Crippen molar-refractivity contribution in [3.05, 3.63) is 40.7 Å². The molecule has 3 saturated heterocycles. The lowest BCUT2D eigenvalue weighted by molar-refractivity contribution is -0.149. The number of ether oxygens (including phenoxy) is 1. The van der Waals surface area contributed by atoms with Gasteiger partial charge >= 0.3 is 0 Å². The first-order valence-corrected chi connectivity index (χ1v) is 16.2. The third-order valence-corrected chi connectivity index (χ3v) is 11.2. The van der Waals surface area contributed by atoms with Gasteiger partial charge in [-0.2, -0.15) is 10.2 Å². The SMILES string of the molecule is C=CC(=O)N1CC2(CC(n3nc(N4CC[C@@H](CN5CCOCC5)CC4(C)C)c(-c4c(Cl)c(Cl)cc5[nH]ncc45)c3C)C2)C1. The number of hydrogen-bond donors (Lipinski definition) is 1. The Morgan fingerprint density at radius 3 is 2.60 bits per heavy atom. The number of likely N-dealkylation sites (tertiary alicyclic amines) is 1. The highest BCUT2D eigenvalue weighted by molar-refractivity contribution is 6.45. The third-order valence-electron chi connectivity index (χ3n) is 10.4. The standard InChI is InChI=1S/C32H41Cl2N7O2/c1-5-26(42)39-18-32(19-39)14-22(15-32)41-20(2)27(28-23-16-35-36-25(23)12-24(33)29(28)34)30(37-41)40-7-6-21(13-31(40,3)4)17-38-8-10-43-11-9-38/h5,12,16,21-22H,1,6-11,13-15,17-19H2,2-4H3,(H,35,36)/t21-/m1/s1. The highest BCUT2D eigenvalue weighted by atomic mass is 35.5. The number of morpholine rings is 1. The van der Waals surface area contributed by atoms with Crippen LogP contribution in [0.4, 0.5) is 5.82 Å². The smallest absolute Gasteiger partial charge is 0.245 e. The van der Waals surface area contributed by atoms with Crippen LogP contribution in [0, 0.1) is 18.3 Å². The Morgan fingerprint density at radius 2 is 1.91 bits per heavy atom. The quantitative estimate of drug-likeness (QED) is 0.353. The molecular weight excluding hydrogens is 585 g/mol. The highest BCUT2D eigenvalue weighted by Crippen LogP contribution is 2.56. The average Bonchev–Trinajstić information content (AvgIpc) is 3.52. The molecule has 3 aromatic rings. The van der Waals surface area contributed by atoms with Crippen molar-refractivity contribution in [3.63, 3.8) is 0 Å². The second kappa shape index (κ2) is 10.8. The predicted octanol–water partition coefficient (Wildman–Crippen LogP) is 5.72. The van der Waals surface area contributed by atoms with Gasteiger partial charge in [0, 0.05) is 72.4 Å². The number of rotatable bonds is 6. The van der Waals surface area contributed by atoms with E-state index in [9.17, 15) is 4.79 Å². The van der Waals surface area contributed by atoms with E-state index in [0.717, 1.165) is 112 Å². The molecule has 1 saturated carbocycles. The summed E-state index contributed by atoms with van der Waals surface area (Å²) in [5.41, 5.74) is 3.96. The number of anilines is 1. The van der Waals surface area contributed by atoms with Crippen molar-refractivity contribution in [2.45, 2.75) is 58.0 Å². The minimum Gasteiger partial charge on any atom is -0.379 e. The average molecular weight is 627 g/mol. The summed E-state index contributed by atoms with van der Waals surface area (Å²) in [7, 11) is 0. The molecule has 4 aliphatic rings. The lowest BCUT2D eigenvalue weighted by atomic mass is 9.60. The van der Waals surface area contributed by atoms with E-state index in [1.54, 1.807) is 0 Å². The van der Waals surface area contributed by atoms with Gasteiger partial charge in [0.05, 0.1) is 41.0 Å². The molecule has 1 aliphatic carbocycles. The van der Waals surface area contributed by atoms with Crippen molar-refractivity contribution in [1.82, 2.24) is 29.8 Å². The molecule has 0 unspecified atom stereocenters. The molecule has 0 radical (unpaired) electrons. The zero-order valence-electron chi connectivity index (χ0n) is 25.3. The number of fused-ring (bicyclic) bond motifs is 1. The first-order chi connectivity index (χ1) is 20.6. The van der Waals surface area contributed by atoms with E-state index >= 15 is 0 Å². The van der Waals surface area contributed by atoms with Gasteiger partial charge in [-0.1, -0.05) is 29.8 Å². The fraction of sp³-hybridized carbons (Fsp3) is 0.594. The topological polar surface area (TPSA) is 82.5 Å². The lowest BCUT2D eigenvalue weighted by Gasteiger charge is -2.58. The van der Waals surface area contributed by atoms with E-state index < -0.39 is 0 Å². The number of halogens is 2. The summed E-state index contributed by atoms with van der Waals surface area (Å²) >= 11 is 13.7. The van der Waals surface area contributed by atoms with Crippen molar-refractivity contribution >= 4 is 45.8 Å². The number of benzene rings is 1. The van der Waals surface area contributed by atoms with Gasteiger partial charge in [0.1, 0.15) is 0 Å². The first-order valence-electron chi connectivity index (χ1n) is 15.5. The van der Waals surface area contributed by atoms with Gasteiger partial charge < -0.3 is 14.5 Å². The minimum absolute atomic E-state index is 0.0212. The maximum Gasteiger partial charge on any atom is 0.245 e. The zero-order valence-corrected chi connectivity index (χ0v) is 26.8. The van der Waals surface area contributed by atoms with Crippen LogP contribution in [0.1, 0.15) is 51.3 Å². The monoisotopic (exact) mass is 625 g/mol. The summed E-state index contributed by atoms with van der Waals surface area (Å²) in [5.74, 6) is 1.61. The molecule has 9 nitrogen and oxygen atoms in total. The summed E-state index contributed by atoms with van der Waals surface area (Å²) in [6.45, 7) is 17.8. The molecule has 0 bridgehead atoms. The number of carbonyl (C=O) groups is 1. The van der Waals surface area contributed by atoms with Crippen LogP contribution >= 0.6 is 23.2 Å². The molecule has 1 aromatic carbocycles. The van der Waals surface area contributed by atoms with Gasteiger partial charge in [-0.25, -0.2) is 0 Å². The molecule has 1 N–H and O–H groups in total. The minimum atomic E-state index is -0.101. The number of nitrogens with zero attached hydrogens (tertiary/aromatic N) is 6. The van der Waals surface area contributed by atoms with Crippen LogP contribution in [0.15, 0.2) is 24.9 Å². The second-order valence-electron chi connectivity index (χ2n) is 13.8. The molecule has 7 rings (SSSR count). The summed E-state index contributed by atoms with van der Waals surface area (Å²) in [6, 6.07) is 2.12. The van der Waals surface area contributed by atoms with E-state index in [2.05, 4.69) is 52.0 Å². The van der Waals surface area contributed by atoms with Gasteiger partial charge in [0.2, 0.25) is 5.91 Å². The van der Waals surface area contributed by atoms with Gasteiger partial charge in [0.15, 0.2) is 5.82 Å². The van der Waals surface area contributed by atoms with Gasteiger partial charge in [-0.05, 0) is 64.5 Å². The van der Waals surface area contributed by atoms with Gasteiger partial charge in [0.25, 0.3) is 0 Å². The zero-order chi connectivity index (χ0) is 30.1. The highest BCUT2D eigenvalue weighted by Gasteiger charge is 2.54. The van der Waals surface area contributed by atoms with Gasteiger partial charge in [-0.3, -0.25) is 19.5 Å². The van der Waals surface area contributed by atoms with E-state index in [4.69, 9.17) is 33.0 Å². The third kappa shape index (κ3) is 4.96. The number of nitrogens with one attached hydrogen (secondary N) is 1. The molecule has 5 heterocycles. The number of amides is 1. The van der Waals surface area contributed by atoms with E-state index in [0.29, 0.717) is 16.0 Å². The van der Waals surface area contributed by atoms with Crippen LogP contribution in [0.3, 0.4) is 0 Å². The van der Waals surface area contributed by atoms with Gasteiger partial charge in [-0.15, -0.1) is 0 Å². The van der Waals surface area contributed by atoms with Crippen LogP contribution in [-0.2, 0) is 9.53 Å². The Morgan fingerprint density at radius 1 is 1.16 bits per heavy atom. The van der Waals surface area contributed by atoms with Crippen molar-refractivity contribution in [2.75, 3.05) is 57.4 Å². The largest absolute Gasteiger partial charge is 0.379 e. The Hall–Kier alpha value is -2.59. The maximum absolute atomic E-state index is 12.1. The molecule has 1 spiro atoms. The fourth-order valence-corrected chi connectivity index (χ4v) is 8.72. The Bertz CT molecular complexity index is 1560.